The number of oxazole rings is 1. The van der Waals surface area contributed by atoms with Gasteiger partial charge in [0, 0.05) is 5.03 Å². The van der Waals surface area contributed by atoms with Crippen molar-refractivity contribution in [1.29, 1.82) is 0 Å². The van der Waals surface area contributed by atoms with Crippen LogP contribution in [-0.2, 0) is 4.74 Å². The summed E-state index contributed by atoms with van der Waals surface area (Å²) < 4.78 is 9.69. The number of nitrogens with zero attached hydrogens (tertiary/aromatic N) is 1. The highest BCUT2D eigenvalue weighted by Crippen LogP contribution is 2.09. The van der Waals surface area contributed by atoms with Gasteiger partial charge in [0.1, 0.15) is 6.26 Å². The second-order valence-electron chi connectivity index (χ2n) is 2.63. The van der Waals surface area contributed by atoms with Gasteiger partial charge in [0.25, 0.3) is 6.01 Å². The number of carbonyl (C=O) groups excluding carboxylic acids is 1. The molecule has 82 valence electrons. The Morgan fingerprint density at radius 3 is 3.13 bits per heavy atom. The van der Waals surface area contributed by atoms with E-state index in [1.165, 1.54) is 6.26 Å². The third-order valence-electron chi connectivity index (χ3n) is 1.42. The number of rotatable bonds is 5. The lowest BCUT2D eigenvalue weighted by Crippen LogP contribution is -2.06. The first kappa shape index (κ1) is 11.6. The van der Waals surface area contributed by atoms with Crippen molar-refractivity contribution in [3.8, 4) is 0 Å². The van der Waals surface area contributed by atoms with E-state index in [2.05, 4.69) is 16.9 Å². The normalized spacial score (nSPS) is 9.73. The third kappa shape index (κ3) is 3.63. The fourth-order valence-electron chi connectivity index (χ4n) is 0.825. The molecule has 0 aromatic carbocycles. The van der Waals surface area contributed by atoms with E-state index in [1.54, 1.807) is 6.92 Å². The van der Waals surface area contributed by atoms with Gasteiger partial charge in [-0.3, -0.25) is 0 Å². The largest absolute Gasteiger partial charge is 0.461 e. The number of aromatic nitrogens is 1. The van der Waals surface area contributed by atoms with Crippen LogP contribution < -0.4 is 5.32 Å². The summed E-state index contributed by atoms with van der Waals surface area (Å²) in [7, 11) is 0. The Hall–Kier alpha value is -1.49. The van der Waals surface area contributed by atoms with E-state index < -0.39 is 5.97 Å². The van der Waals surface area contributed by atoms with E-state index >= 15 is 0 Å². The maximum absolute atomic E-state index is 11.2. The van der Waals surface area contributed by atoms with Gasteiger partial charge in [-0.05, 0) is 6.92 Å². The quantitative estimate of drug-likeness (QED) is 0.784. The van der Waals surface area contributed by atoms with Crippen LogP contribution in [0.3, 0.4) is 0 Å². The molecule has 0 aliphatic carbocycles. The van der Waals surface area contributed by atoms with Crippen LogP contribution in [0.1, 0.15) is 17.4 Å². The Bertz CT molecular complexity index is 362. The van der Waals surface area contributed by atoms with Crippen molar-refractivity contribution in [2.75, 3.05) is 18.5 Å². The molecule has 1 N–H and O–H groups in total. The zero-order valence-corrected chi connectivity index (χ0v) is 9.00. The molecule has 0 amide bonds. The van der Waals surface area contributed by atoms with Gasteiger partial charge in [0.15, 0.2) is 5.69 Å². The summed E-state index contributed by atoms with van der Waals surface area (Å²) >= 11 is 5.53. The van der Waals surface area contributed by atoms with Crippen molar-refractivity contribution < 1.29 is 13.9 Å². The zero-order chi connectivity index (χ0) is 11.3. The van der Waals surface area contributed by atoms with Crippen LogP contribution >= 0.6 is 11.6 Å². The van der Waals surface area contributed by atoms with Crippen molar-refractivity contribution >= 4 is 23.6 Å². The molecular formula is C9H11ClN2O3. The second kappa shape index (κ2) is 5.41. The topological polar surface area (TPSA) is 64.4 Å². The summed E-state index contributed by atoms with van der Waals surface area (Å²) in [6.45, 7) is 5.82. The lowest BCUT2D eigenvalue weighted by Gasteiger charge is -1.97. The minimum atomic E-state index is -0.515. The van der Waals surface area contributed by atoms with Gasteiger partial charge < -0.3 is 14.5 Å². The molecule has 1 aromatic rings. The Kier molecular flexibility index (Phi) is 4.17. The van der Waals surface area contributed by atoms with E-state index in [1.807, 2.05) is 0 Å². The van der Waals surface area contributed by atoms with Crippen LogP contribution in [0.2, 0.25) is 0 Å². The predicted molar refractivity (Wildman–Crippen MR) is 55.9 cm³/mol. The van der Waals surface area contributed by atoms with Gasteiger partial charge in [-0.25, -0.2) is 4.79 Å². The molecule has 0 aliphatic rings. The first-order valence-electron chi connectivity index (χ1n) is 4.33. The van der Waals surface area contributed by atoms with Crippen molar-refractivity contribution in [2.45, 2.75) is 6.92 Å². The fourth-order valence-corrected chi connectivity index (χ4v) is 0.892. The first-order valence-corrected chi connectivity index (χ1v) is 4.71. The van der Waals surface area contributed by atoms with Gasteiger partial charge in [-0.2, -0.15) is 4.98 Å². The molecule has 1 aromatic heterocycles. The third-order valence-corrected chi connectivity index (χ3v) is 1.55. The van der Waals surface area contributed by atoms with E-state index in [-0.39, 0.29) is 11.7 Å². The van der Waals surface area contributed by atoms with Crippen LogP contribution in [0.5, 0.6) is 0 Å². The maximum atomic E-state index is 11.2. The smallest absolute Gasteiger partial charge is 0.360 e. The van der Waals surface area contributed by atoms with E-state index in [9.17, 15) is 4.79 Å². The number of hydrogen-bond acceptors (Lipinski definition) is 5. The van der Waals surface area contributed by atoms with Crippen LogP contribution in [0, 0.1) is 0 Å². The van der Waals surface area contributed by atoms with E-state index in [4.69, 9.17) is 20.8 Å². The molecule has 0 radical (unpaired) electrons. The van der Waals surface area contributed by atoms with Crippen molar-refractivity contribution in [2.24, 2.45) is 0 Å². The average molecular weight is 231 g/mol. The lowest BCUT2D eigenvalue weighted by atomic mass is 10.5. The molecule has 6 heteroatoms. The number of ether oxygens (including phenoxy) is 1. The highest BCUT2D eigenvalue weighted by atomic mass is 35.5. The lowest BCUT2D eigenvalue weighted by molar-refractivity contribution is 0.0519. The molecule has 0 spiro atoms. The molecule has 0 atom stereocenters. The Balaban J connectivity index is 2.56. The molecule has 1 heterocycles. The van der Waals surface area contributed by atoms with Crippen LogP contribution in [-0.4, -0.2) is 24.1 Å². The molecule has 0 unspecified atom stereocenters. The predicted octanol–water partition coefficient (Wildman–Crippen LogP) is 2.02. The van der Waals surface area contributed by atoms with E-state index in [0.717, 1.165) is 0 Å². The molecule has 0 fully saturated rings. The number of esters is 1. The standard InChI is InChI=1S/C9H11ClN2O3/c1-3-14-8(13)7-5-15-9(12-7)11-4-6(2)10/h5H,2-4H2,1H3,(H,11,12). The summed E-state index contributed by atoms with van der Waals surface area (Å²) in [5, 5.41) is 3.17. The van der Waals surface area contributed by atoms with Gasteiger partial charge in [-0.1, -0.05) is 18.2 Å². The molecule has 5 nitrogen and oxygen atoms in total. The van der Waals surface area contributed by atoms with Gasteiger partial charge >= 0.3 is 5.97 Å². The minimum Gasteiger partial charge on any atom is -0.461 e. The van der Waals surface area contributed by atoms with Crippen LogP contribution in [0.25, 0.3) is 0 Å². The van der Waals surface area contributed by atoms with Crippen LogP contribution in [0.4, 0.5) is 6.01 Å². The minimum absolute atomic E-state index is 0.125. The highest BCUT2D eigenvalue weighted by molar-refractivity contribution is 6.29. The Morgan fingerprint density at radius 2 is 2.53 bits per heavy atom. The number of halogens is 1. The molecule has 0 saturated heterocycles. The number of anilines is 1. The van der Waals surface area contributed by atoms with Gasteiger partial charge in [0.05, 0.1) is 13.2 Å². The molecule has 15 heavy (non-hydrogen) atoms. The molecule has 0 aliphatic heterocycles. The van der Waals surface area contributed by atoms with Crippen LogP contribution in [0.15, 0.2) is 22.3 Å². The van der Waals surface area contributed by atoms with Crippen molar-refractivity contribution in [3.05, 3.63) is 23.6 Å². The first-order chi connectivity index (χ1) is 7.13. The summed E-state index contributed by atoms with van der Waals surface area (Å²) in [4.78, 5) is 15.0. The monoisotopic (exact) mass is 230 g/mol. The Morgan fingerprint density at radius 1 is 1.80 bits per heavy atom. The maximum Gasteiger partial charge on any atom is 0.360 e. The fraction of sp³-hybridized carbons (Fsp3) is 0.333. The zero-order valence-electron chi connectivity index (χ0n) is 8.25. The number of hydrogen-bond donors (Lipinski definition) is 1. The van der Waals surface area contributed by atoms with Crippen molar-refractivity contribution in [1.82, 2.24) is 4.98 Å². The SMILES string of the molecule is C=C(Cl)CNc1nc(C(=O)OCC)co1. The Labute approximate surface area is 92.1 Å². The molecular weight excluding hydrogens is 220 g/mol. The molecule has 0 saturated carbocycles. The molecule has 0 bridgehead atoms. The molecule has 1 rings (SSSR count). The summed E-state index contributed by atoms with van der Waals surface area (Å²) in [5.41, 5.74) is 0.125. The number of carbonyl (C=O) groups is 1. The van der Waals surface area contributed by atoms with Crippen molar-refractivity contribution in [3.63, 3.8) is 0 Å². The summed E-state index contributed by atoms with van der Waals surface area (Å²) in [6.07, 6.45) is 1.22. The highest BCUT2D eigenvalue weighted by Gasteiger charge is 2.12. The van der Waals surface area contributed by atoms with Gasteiger partial charge in [0.2, 0.25) is 0 Å². The van der Waals surface area contributed by atoms with Gasteiger partial charge in [-0.15, -0.1) is 0 Å². The average Bonchev–Trinajstić information content (AvgIpc) is 2.63. The second-order valence-corrected chi connectivity index (χ2v) is 3.16. The van der Waals surface area contributed by atoms with E-state index in [0.29, 0.717) is 18.2 Å². The summed E-state index contributed by atoms with van der Waals surface area (Å²) in [6, 6.07) is 0.208. The summed E-state index contributed by atoms with van der Waals surface area (Å²) in [5.74, 6) is -0.515. The number of nitrogens with one attached hydrogen (secondary N) is 1.